The Hall–Kier alpha value is -0.530. The van der Waals surface area contributed by atoms with Crippen LogP contribution in [-0.2, 0) is 4.79 Å². The molecule has 0 heterocycles. The van der Waals surface area contributed by atoms with Gasteiger partial charge in [-0.05, 0) is 18.8 Å². The van der Waals surface area contributed by atoms with Gasteiger partial charge in [0.1, 0.15) is 0 Å². The molecule has 2 nitrogen and oxygen atoms in total. The first-order valence-electron chi connectivity index (χ1n) is 8.98. The van der Waals surface area contributed by atoms with E-state index in [0.717, 1.165) is 25.3 Å². The van der Waals surface area contributed by atoms with Gasteiger partial charge >= 0.3 is 0 Å². The molecule has 1 amide bonds. The molecule has 0 aromatic carbocycles. The number of hydrogen-bond acceptors (Lipinski definition) is 1. The molecule has 20 heavy (non-hydrogen) atoms. The summed E-state index contributed by atoms with van der Waals surface area (Å²) in [6.07, 6.45) is 16.6. The van der Waals surface area contributed by atoms with Gasteiger partial charge in [-0.3, -0.25) is 4.79 Å². The Bertz CT molecular complexity index is 246. The van der Waals surface area contributed by atoms with Crippen LogP contribution in [-0.4, -0.2) is 24.4 Å². The summed E-state index contributed by atoms with van der Waals surface area (Å²) < 4.78 is 0. The monoisotopic (exact) mass is 281 g/mol. The second kappa shape index (κ2) is 11.2. The van der Waals surface area contributed by atoms with Gasteiger partial charge in [0.15, 0.2) is 0 Å². The Morgan fingerprint density at radius 2 is 1.65 bits per heavy atom. The van der Waals surface area contributed by atoms with Crippen molar-refractivity contribution in [2.45, 2.75) is 90.4 Å². The van der Waals surface area contributed by atoms with Gasteiger partial charge in [0, 0.05) is 20.0 Å². The van der Waals surface area contributed by atoms with Gasteiger partial charge in [0.05, 0.1) is 0 Å². The van der Waals surface area contributed by atoms with Gasteiger partial charge in [0.25, 0.3) is 0 Å². The van der Waals surface area contributed by atoms with Crippen molar-refractivity contribution in [3.63, 3.8) is 0 Å². The smallest absolute Gasteiger partial charge is 0.222 e. The highest BCUT2D eigenvalue weighted by Crippen LogP contribution is 2.27. The highest BCUT2D eigenvalue weighted by molar-refractivity contribution is 5.75. The Labute approximate surface area is 126 Å². The van der Waals surface area contributed by atoms with Crippen LogP contribution >= 0.6 is 0 Å². The fourth-order valence-corrected chi connectivity index (χ4v) is 3.25. The van der Waals surface area contributed by atoms with Crippen LogP contribution in [0.5, 0.6) is 0 Å². The molecule has 1 aliphatic rings. The number of amides is 1. The zero-order valence-corrected chi connectivity index (χ0v) is 13.8. The molecule has 2 heteroatoms. The number of rotatable bonds is 10. The van der Waals surface area contributed by atoms with Crippen LogP contribution in [0.3, 0.4) is 0 Å². The first-order valence-corrected chi connectivity index (χ1v) is 8.98. The molecule has 0 aromatic heterocycles. The van der Waals surface area contributed by atoms with Crippen LogP contribution in [0.25, 0.3) is 0 Å². The second-order valence-corrected chi connectivity index (χ2v) is 6.63. The third-order valence-electron chi connectivity index (χ3n) is 4.76. The maximum absolute atomic E-state index is 12.1. The minimum atomic E-state index is 0.365. The molecule has 1 rings (SSSR count). The lowest BCUT2D eigenvalue weighted by Gasteiger charge is -2.23. The molecule has 0 unspecified atom stereocenters. The number of unbranched alkanes of at least 4 members (excludes halogenated alkanes) is 5. The molecular formula is C18H35NO. The zero-order valence-electron chi connectivity index (χ0n) is 13.8. The average Bonchev–Trinajstić information content (AvgIpc) is 2.49. The second-order valence-electron chi connectivity index (χ2n) is 6.63. The van der Waals surface area contributed by atoms with Crippen LogP contribution in [0.15, 0.2) is 0 Å². The van der Waals surface area contributed by atoms with Gasteiger partial charge in [-0.25, -0.2) is 0 Å². The first-order chi connectivity index (χ1) is 9.74. The van der Waals surface area contributed by atoms with E-state index < -0.39 is 0 Å². The topological polar surface area (TPSA) is 20.3 Å². The van der Waals surface area contributed by atoms with Gasteiger partial charge < -0.3 is 4.90 Å². The molecule has 0 saturated heterocycles. The Morgan fingerprint density at radius 1 is 1.00 bits per heavy atom. The number of carbonyl (C=O) groups is 1. The van der Waals surface area contributed by atoms with Crippen LogP contribution in [0.4, 0.5) is 0 Å². The first kappa shape index (κ1) is 17.5. The van der Waals surface area contributed by atoms with Crippen LogP contribution < -0.4 is 0 Å². The van der Waals surface area contributed by atoms with Gasteiger partial charge in [-0.1, -0.05) is 71.1 Å². The Kier molecular flexibility index (Phi) is 9.78. The summed E-state index contributed by atoms with van der Waals surface area (Å²) in [5.74, 6) is 1.19. The van der Waals surface area contributed by atoms with Crippen molar-refractivity contribution in [2.24, 2.45) is 5.92 Å². The Morgan fingerprint density at radius 3 is 2.35 bits per heavy atom. The number of carbonyl (C=O) groups excluding carboxylic acids is 1. The molecule has 0 aromatic rings. The van der Waals surface area contributed by atoms with E-state index in [0.29, 0.717) is 5.91 Å². The lowest BCUT2D eigenvalue weighted by molar-refractivity contribution is -0.130. The lowest BCUT2D eigenvalue weighted by atomic mass is 9.86. The van der Waals surface area contributed by atoms with Crippen LogP contribution in [0.2, 0.25) is 0 Å². The predicted octanol–water partition coefficient (Wildman–Crippen LogP) is 5.17. The van der Waals surface area contributed by atoms with Crippen molar-refractivity contribution in [1.29, 1.82) is 0 Å². The molecule has 0 N–H and O–H groups in total. The lowest BCUT2D eigenvalue weighted by Crippen LogP contribution is -2.28. The summed E-state index contributed by atoms with van der Waals surface area (Å²) in [4.78, 5) is 14.0. The molecule has 0 atom stereocenters. The number of nitrogens with zero attached hydrogens (tertiary/aromatic N) is 1. The van der Waals surface area contributed by atoms with Crippen molar-refractivity contribution in [3.05, 3.63) is 0 Å². The maximum Gasteiger partial charge on any atom is 0.222 e. The fraction of sp³-hybridized carbons (Fsp3) is 0.944. The van der Waals surface area contributed by atoms with E-state index in [9.17, 15) is 4.79 Å². The minimum absolute atomic E-state index is 0.365. The molecule has 0 aliphatic heterocycles. The molecule has 1 fully saturated rings. The highest BCUT2D eigenvalue weighted by atomic mass is 16.2. The number of hydrogen-bond donors (Lipinski definition) is 0. The minimum Gasteiger partial charge on any atom is -0.346 e. The third kappa shape index (κ3) is 7.91. The summed E-state index contributed by atoms with van der Waals surface area (Å²) in [6.45, 7) is 3.20. The van der Waals surface area contributed by atoms with Crippen molar-refractivity contribution < 1.29 is 4.79 Å². The zero-order chi connectivity index (χ0) is 14.6. The van der Waals surface area contributed by atoms with Crippen molar-refractivity contribution >= 4 is 5.91 Å². The summed E-state index contributed by atoms with van der Waals surface area (Å²) in [5.41, 5.74) is 0. The quantitative estimate of drug-likeness (QED) is 0.506. The summed E-state index contributed by atoms with van der Waals surface area (Å²) in [5, 5.41) is 0. The third-order valence-corrected chi connectivity index (χ3v) is 4.76. The average molecular weight is 281 g/mol. The van der Waals surface area contributed by atoms with E-state index in [1.807, 2.05) is 11.9 Å². The standard InChI is InChI=1S/C18H35NO/c1-3-4-5-6-7-11-16-19(2)18(20)15-14-17-12-9-8-10-13-17/h17H,3-16H2,1-2H3. The molecule has 0 bridgehead atoms. The molecular weight excluding hydrogens is 246 g/mol. The normalized spacial score (nSPS) is 16.3. The SMILES string of the molecule is CCCCCCCCN(C)C(=O)CCC1CCCCC1. The largest absolute Gasteiger partial charge is 0.346 e. The van der Waals surface area contributed by atoms with E-state index in [2.05, 4.69) is 6.92 Å². The Balaban J connectivity index is 2.00. The predicted molar refractivity (Wildman–Crippen MR) is 86.8 cm³/mol. The van der Waals surface area contributed by atoms with E-state index in [-0.39, 0.29) is 0 Å². The molecule has 0 radical (unpaired) electrons. The summed E-state index contributed by atoms with van der Waals surface area (Å²) in [7, 11) is 1.98. The van der Waals surface area contributed by atoms with Crippen molar-refractivity contribution in [2.75, 3.05) is 13.6 Å². The van der Waals surface area contributed by atoms with Crippen LogP contribution in [0, 0.1) is 5.92 Å². The highest BCUT2D eigenvalue weighted by Gasteiger charge is 2.16. The van der Waals surface area contributed by atoms with Gasteiger partial charge in [-0.15, -0.1) is 0 Å². The van der Waals surface area contributed by atoms with Crippen LogP contribution in [0.1, 0.15) is 90.4 Å². The summed E-state index contributed by atoms with van der Waals surface area (Å²) in [6, 6.07) is 0. The van der Waals surface area contributed by atoms with E-state index in [4.69, 9.17) is 0 Å². The summed E-state index contributed by atoms with van der Waals surface area (Å²) >= 11 is 0. The van der Waals surface area contributed by atoms with E-state index >= 15 is 0 Å². The van der Waals surface area contributed by atoms with E-state index in [1.165, 1.54) is 70.6 Å². The van der Waals surface area contributed by atoms with Gasteiger partial charge in [-0.2, -0.15) is 0 Å². The molecule has 1 aliphatic carbocycles. The van der Waals surface area contributed by atoms with E-state index in [1.54, 1.807) is 0 Å². The fourth-order valence-electron chi connectivity index (χ4n) is 3.25. The van der Waals surface area contributed by atoms with Gasteiger partial charge in [0.2, 0.25) is 5.91 Å². The molecule has 1 saturated carbocycles. The van der Waals surface area contributed by atoms with Crippen molar-refractivity contribution in [1.82, 2.24) is 4.90 Å². The molecule has 118 valence electrons. The molecule has 0 spiro atoms. The van der Waals surface area contributed by atoms with Crippen molar-refractivity contribution in [3.8, 4) is 0 Å². The maximum atomic E-state index is 12.1.